The normalized spacial score (nSPS) is 11.8. The Bertz CT molecular complexity index is 1010. The van der Waals surface area contributed by atoms with Gasteiger partial charge >= 0.3 is 0 Å². The summed E-state index contributed by atoms with van der Waals surface area (Å²) in [6, 6.07) is 7.21. The Morgan fingerprint density at radius 2 is 2.04 bits per heavy atom. The maximum atomic E-state index is 12.3. The first kappa shape index (κ1) is 16.5. The fourth-order valence-electron chi connectivity index (χ4n) is 2.30. The lowest BCUT2D eigenvalue weighted by Gasteiger charge is -2.08. The summed E-state index contributed by atoms with van der Waals surface area (Å²) < 4.78 is 24.9. The number of hydrogen-bond donors (Lipinski definition) is 1. The zero-order valence-electron chi connectivity index (χ0n) is 13.1. The highest BCUT2D eigenvalue weighted by Gasteiger charge is 2.17. The quantitative estimate of drug-likeness (QED) is 0.732. The summed E-state index contributed by atoms with van der Waals surface area (Å²) in [5.74, 6) is -0.210. The highest BCUT2D eigenvalue weighted by Crippen LogP contribution is 2.19. The van der Waals surface area contributed by atoms with Crippen LogP contribution in [0, 0.1) is 6.92 Å². The highest BCUT2D eigenvalue weighted by molar-refractivity contribution is 7.89. The number of nitrogens with one attached hydrogen (secondary N) is 1. The van der Waals surface area contributed by atoms with Gasteiger partial charge in [0.05, 0.1) is 11.0 Å². The Morgan fingerprint density at radius 3 is 2.71 bits per heavy atom. The number of amides is 1. The van der Waals surface area contributed by atoms with E-state index in [1.807, 2.05) is 12.1 Å². The summed E-state index contributed by atoms with van der Waals surface area (Å²) in [5.41, 5.74) is 1.36. The van der Waals surface area contributed by atoms with Crippen molar-refractivity contribution in [1.29, 1.82) is 0 Å². The molecule has 0 spiro atoms. The third-order valence-electron chi connectivity index (χ3n) is 3.20. The number of fused-ring (bicyclic) bond motifs is 1. The smallest absolute Gasteiger partial charge is 0.246 e. The van der Waals surface area contributed by atoms with Crippen LogP contribution in [0.25, 0.3) is 11.0 Å². The summed E-state index contributed by atoms with van der Waals surface area (Å²) in [4.78, 5) is 16.6. The molecule has 2 aromatic heterocycles. The van der Waals surface area contributed by atoms with Crippen LogP contribution in [0.3, 0.4) is 0 Å². The molecule has 0 fully saturated rings. The number of hydrogen-bond acceptors (Lipinski definition) is 7. The van der Waals surface area contributed by atoms with Crippen molar-refractivity contribution >= 4 is 43.2 Å². The summed E-state index contributed by atoms with van der Waals surface area (Å²) >= 11 is 1.27. The molecule has 0 aliphatic rings. The zero-order chi connectivity index (χ0) is 17.3. The molecule has 3 rings (SSSR count). The van der Waals surface area contributed by atoms with Gasteiger partial charge in [-0.2, -0.15) is 0 Å². The molecule has 126 valence electrons. The van der Waals surface area contributed by atoms with Crippen LogP contribution >= 0.6 is 11.3 Å². The average Bonchev–Trinajstić information content (AvgIpc) is 3.02. The van der Waals surface area contributed by atoms with Gasteiger partial charge in [-0.1, -0.05) is 23.5 Å². The fraction of sp³-hybridized carbons (Fsp3) is 0.286. The van der Waals surface area contributed by atoms with Crippen LogP contribution in [-0.4, -0.2) is 40.3 Å². The number of anilines is 1. The molecule has 1 amide bonds. The van der Waals surface area contributed by atoms with E-state index in [9.17, 15) is 13.2 Å². The van der Waals surface area contributed by atoms with Gasteiger partial charge in [0.2, 0.25) is 11.0 Å². The number of nitrogens with zero attached hydrogens (tertiary/aromatic N) is 4. The van der Waals surface area contributed by atoms with Crippen LogP contribution in [0.1, 0.15) is 10.8 Å². The molecule has 0 bridgehead atoms. The van der Waals surface area contributed by atoms with Gasteiger partial charge in [-0.15, -0.1) is 10.2 Å². The van der Waals surface area contributed by atoms with Gasteiger partial charge in [0.25, 0.3) is 0 Å². The molecule has 0 unspecified atom stereocenters. The number of aryl methyl sites for hydroxylation is 1. The maximum absolute atomic E-state index is 12.3. The molecule has 0 aliphatic heterocycles. The Kier molecular flexibility index (Phi) is 4.33. The second-order valence-electron chi connectivity index (χ2n) is 5.35. The van der Waals surface area contributed by atoms with Crippen molar-refractivity contribution in [3.63, 3.8) is 0 Å². The average molecular weight is 365 g/mol. The van der Waals surface area contributed by atoms with E-state index in [1.54, 1.807) is 23.6 Å². The molecular formula is C14H15N5O3S2. The van der Waals surface area contributed by atoms with Crippen LogP contribution < -0.4 is 5.32 Å². The number of rotatable bonds is 5. The minimum absolute atomic E-state index is 0.0516. The van der Waals surface area contributed by atoms with Crippen molar-refractivity contribution in [2.75, 3.05) is 11.6 Å². The first-order valence-electron chi connectivity index (χ1n) is 7.03. The largest absolute Gasteiger partial charge is 0.318 e. The molecule has 1 aromatic carbocycles. The molecule has 0 atom stereocenters. The lowest BCUT2D eigenvalue weighted by atomic mass is 10.3. The summed E-state index contributed by atoms with van der Waals surface area (Å²) in [7, 11) is -3.27. The van der Waals surface area contributed by atoms with Gasteiger partial charge in [-0.05, 0) is 19.1 Å². The zero-order valence-corrected chi connectivity index (χ0v) is 14.7. The SMILES string of the molecule is Cc1nnc(NC(=O)Cn2c(CS(C)(=O)=O)nc3ccccc32)s1. The number of carbonyl (C=O) groups is 1. The van der Waals surface area contributed by atoms with Crippen molar-refractivity contribution in [3.05, 3.63) is 35.1 Å². The third kappa shape index (κ3) is 3.77. The Balaban J connectivity index is 1.91. The standard InChI is InChI=1S/C14H15N5O3S2/c1-9-17-18-14(23-9)16-13(20)7-19-11-6-4-3-5-10(11)15-12(19)8-24(2,21)22/h3-6H,7-8H2,1-2H3,(H,16,18,20). The Labute approximate surface area is 142 Å². The van der Waals surface area contributed by atoms with Gasteiger partial charge < -0.3 is 4.57 Å². The van der Waals surface area contributed by atoms with Crippen molar-refractivity contribution in [1.82, 2.24) is 19.7 Å². The molecule has 8 nitrogen and oxygen atoms in total. The van der Waals surface area contributed by atoms with Gasteiger partial charge in [0, 0.05) is 6.26 Å². The van der Waals surface area contributed by atoms with Crippen molar-refractivity contribution in [3.8, 4) is 0 Å². The van der Waals surface area contributed by atoms with Crippen LogP contribution in [0.5, 0.6) is 0 Å². The predicted octanol–water partition coefficient (Wildman–Crippen LogP) is 1.38. The van der Waals surface area contributed by atoms with E-state index in [0.29, 0.717) is 22.0 Å². The summed E-state index contributed by atoms with van der Waals surface area (Å²) in [5, 5.41) is 11.5. The van der Waals surface area contributed by atoms with Crippen LogP contribution in [0.15, 0.2) is 24.3 Å². The van der Waals surface area contributed by atoms with Gasteiger partial charge in [0.1, 0.15) is 23.1 Å². The second kappa shape index (κ2) is 6.29. The van der Waals surface area contributed by atoms with Gasteiger partial charge in [0.15, 0.2) is 9.84 Å². The number of para-hydroxylation sites is 2. The van der Waals surface area contributed by atoms with E-state index in [2.05, 4.69) is 20.5 Å². The first-order chi connectivity index (χ1) is 11.3. The number of benzene rings is 1. The monoisotopic (exact) mass is 365 g/mol. The van der Waals surface area contributed by atoms with Crippen LogP contribution in [0.2, 0.25) is 0 Å². The van der Waals surface area contributed by atoms with E-state index in [1.165, 1.54) is 11.3 Å². The minimum Gasteiger partial charge on any atom is -0.318 e. The number of aromatic nitrogens is 4. The van der Waals surface area contributed by atoms with Crippen LogP contribution in [-0.2, 0) is 26.9 Å². The second-order valence-corrected chi connectivity index (χ2v) is 8.67. The molecule has 0 aliphatic carbocycles. The molecule has 2 heterocycles. The van der Waals surface area contributed by atoms with Crippen molar-refractivity contribution in [2.45, 2.75) is 19.2 Å². The van der Waals surface area contributed by atoms with E-state index in [0.717, 1.165) is 11.3 Å². The van der Waals surface area contributed by atoms with E-state index in [4.69, 9.17) is 0 Å². The number of sulfone groups is 1. The molecule has 0 radical (unpaired) electrons. The Morgan fingerprint density at radius 1 is 1.29 bits per heavy atom. The number of imidazole rings is 1. The predicted molar refractivity (Wildman–Crippen MR) is 91.6 cm³/mol. The summed E-state index contributed by atoms with van der Waals surface area (Å²) in [6.45, 7) is 1.74. The van der Waals surface area contributed by atoms with Gasteiger partial charge in [-0.3, -0.25) is 10.1 Å². The third-order valence-corrected chi connectivity index (χ3v) is 4.74. The molecule has 0 saturated carbocycles. The van der Waals surface area contributed by atoms with Gasteiger partial charge in [-0.25, -0.2) is 13.4 Å². The maximum Gasteiger partial charge on any atom is 0.246 e. The van der Waals surface area contributed by atoms with Crippen LogP contribution in [0.4, 0.5) is 5.13 Å². The van der Waals surface area contributed by atoms with E-state index >= 15 is 0 Å². The van der Waals surface area contributed by atoms with E-state index < -0.39 is 9.84 Å². The highest BCUT2D eigenvalue weighted by atomic mass is 32.2. The first-order valence-corrected chi connectivity index (χ1v) is 9.91. The topological polar surface area (TPSA) is 107 Å². The lowest BCUT2D eigenvalue weighted by Crippen LogP contribution is -2.21. The lowest BCUT2D eigenvalue weighted by molar-refractivity contribution is -0.116. The molecule has 0 saturated heterocycles. The molecule has 3 aromatic rings. The minimum atomic E-state index is -3.27. The Hall–Kier alpha value is -2.33. The molecular weight excluding hydrogens is 350 g/mol. The van der Waals surface area contributed by atoms with E-state index in [-0.39, 0.29) is 18.2 Å². The summed E-state index contributed by atoms with van der Waals surface area (Å²) in [6.07, 6.45) is 1.14. The fourth-order valence-corrected chi connectivity index (χ4v) is 3.59. The molecule has 10 heteroatoms. The van der Waals surface area contributed by atoms with Crippen molar-refractivity contribution < 1.29 is 13.2 Å². The molecule has 1 N–H and O–H groups in total. The van der Waals surface area contributed by atoms with Crippen molar-refractivity contribution in [2.24, 2.45) is 0 Å². The number of carbonyl (C=O) groups excluding carboxylic acids is 1. The molecule has 24 heavy (non-hydrogen) atoms.